The van der Waals surface area contributed by atoms with E-state index in [0.29, 0.717) is 11.4 Å². The van der Waals surface area contributed by atoms with E-state index >= 15 is 0 Å². The molecule has 0 amide bonds. The van der Waals surface area contributed by atoms with Crippen LogP contribution in [0.3, 0.4) is 0 Å². The second-order valence-electron chi connectivity index (χ2n) is 21.4. The number of benzene rings is 6. The number of aromatic carboxylic acids is 1. The van der Waals surface area contributed by atoms with Crippen molar-refractivity contribution < 1.29 is 142 Å². The molecule has 9 heterocycles. The third kappa shape index (κ3) is 28.9. The molecule has 0 spiro atoms. The van der Waals surface area contributed by atoms with Crippen molar-refractivity contribution in [2.45, 2.75) is 26.8 Å². The summed E-state index contributed by atoms with van der Waals surface area (Å²) in [4.78, 5) is 52.1. The van der Waals surface area contributed by atoms with Gasteiger partial charge in [0.05, 0.1) is 18.0 Å². The second-order valence-corrected chi connectivity index (χ2v) is 22.5. The Balaban J connectivity index is 0.000000319. The largest absolute Gasteiger partial charge is 0.512 e. The fourth-order valence-electron chi connectivity index (χ4n) is 9.04. The summed E-state index contributed by atoms with van der Waals surface area (Å²) in [6, 6.07) is 71.4. The normalized spacial score (nSPS) is 12.0. The molecule has 0 saturated heterocycles. The maximum Gasteiger partial charge on any atom is 0.354 e. The Morgan fingerprint density at radius 2 is 1.22 bits per heavy atom. The quantitative estimate of drug-likeness (QED) is 0.0635. The summed E-state index contributed by atoms with van der Waals surface area (Å²) in [6.07, 6.45) is 16.7. The van der Waals surface area contributed by atoms with Crippen molar-refractivity contribution in [3.63, 3.8) is 0 Å². The SMILES string of the molecule is C1=CC(c2ccccn2)N=N1.CC(=O)C=C(C)O.CN1C=CN(c2[c-]cc(F)cc2)[CH-]1.CN1[CH-]N(c2[c-]cccc2)c2ccccc21.Fc1c[c-]c(-c2ccccn2)c(F)c1.O=C(O)c1ccccn1.[C-]#[N+]c1c(F)c[c-]c(-c2cc(C)ccn2)c1F.[Ir].[Ir].[Ir].[Ir].[Ir].[c-]1c(-c2ccccn2)sc2ccccc12. The number of carbonyl (C=O) groups excluding carboxylic acids is 1. The number of anilines is 4. The molecule has 0 saturated carbocycles. The number of aliphatic hydroxyl groups excluding tert-OH is 1. The summed E-state index contributed by atoms with van der Waals surface area (Å²) in [5, 5.41) is 25.6. The molecule has 5 radical (unpaired) electrons. The molecule has 0 fully saturated rings. The number of halogens is 5. The van der Waals surface area contributed by atoms with Crippen LogP contribution in [0, 0.1) is 86.3 Å². The zero-order valence-corrected chi connectivity index (χ0v) is 69.8. The molecule has 16 nitrogen and oxygen atoms in total. The maximum absolute atomic E-state index is 13.8. The van der Waals surface area contributed by atoms with Crippen molar-refractivity contribution in [1.29, 1.82) is 0 Å². The number of carbonyl (C=O) groups is 2. The van der Waals surface area contributed by atoms with Crippen molar-refractivity contribution >= 4 is 61.6 Å². The molecule has 1 unspecified atom stereocenters. The number of para-hydroxylation sites is 3. The summed E-state index contributed by atoms with van der Waals surface area (Å²) < 4.78 is 66.6. The predicted molar refractivity (Wildman–Crippen MR) is 386 cm³/mol. The van der Waals surface area contributed by atoms with Crippen LogP contribution in [-0.2, 0) is 105 Å². The number of carboxylic acids is 1. The fraction of sp³-hybridized carbons (Fsp3) is 0.0750. The first-order chi connectivity index (χ1) is 49.3. The first-order valence-corrected chi connectivity index (χ1v) is 31.6. The molecule has 1 atom stereocenters. The number of fused-ring (bicyclic) bond motifs is 2. The van der Waals surface area contributed by atoms with E-state index in [4.69, 9.17) is 16.8 Å². The van der Waals surface area contributed by atoms with Crippen LogP contribution in [-0.4, -0.2) is 65.9 Å². The number of aliphatic hydroxyl groups is 1. The average Bonchev–Trinajstić information content (AvgIpc) is 1.68. The van der Waals surface area contributed by atoms with Crippen molar-refractivity contribution in [2.24, 2.45) is 10.2 Å². The molecule has 6 aromatic heterocycles. The number of aryl methyl sites for hydroxylation is 1. The van der Waals surface area contributed by atoms with Crippen molar-refractivity contribution in [2.75, 3.05) is 28.8 Å². The van der Waals surface area contributed by atoms with Crippen molar-refractivity contribution in [1.82, 2.24) is 29.8 Å². The minimum Gasteiger partial charge on any atom is -0.512 e. The molecule has 6 aromatic carbocycles. The van der Waals surface area contributed by atoms with E-state index in [-0.39, 0.29) is 141 Å². The second kappa shape index (κ2) is 47.8. The van der Waals surface area contributed by atoms with Crippen LogP contribution in [0.1, 0.15) is 41.6 Å². The number of pyridine rings is 5. The van der Waals surface area contributed by atoms with Crippen molar-refractivity contribution in [3.05, 3.63) is 363 Å². The molecule has 0 bridgehead atoms. The zero-order chi connectivity index (χ0) is 72.8. The standard InChI is InChI=1S/C14H12N2.C13H7F2N2.C13H8NS.C11H6F2N.C10H9FN2.C8H7N3.C6H5NO2.C5H8O2.5Ir/c1-15-11-16(12-7-3-2-4-8-12)14-10-6-5-9-13(14)15;1-8-5-6-17-11(7-8)9-3-4-10(14)13(16-2)12(9)15;1-2-7-12-10(5-1)9-13(15-12)11-6-3-4-8-14-11;12-8-4-5-9(10(13)7-8)11-3-1-2-6-14-11;1-12-6-7-13(8-12)10-4-2-9(11)3-5-10;1-2-5-9-7(3-1)8-4-6-10-11-8;8-6(9)5-3-1-2-4-7-5;1-4(6)3-5(2)7;;;;;/h2-7,9-11H,1H3;4-7H,1H3;1-8H;1-4,6-7H;2-4,6-8H,1H3;1-6,8H;1-4H,(H,8,9);3,6H,1-2H3;;;;;/q-2;3*-1;-2;;;;;;;;. The molecule has 27 heteroatoms. The third-order valence-electron chi connectivity index (χ3n) is 13.7. The van der Waals surface area contributed by atoms with Gasteiger partial charge in [0, 0.05) is 190 Å². The number of ketones is 1. The van der Waals surface area contributed by atoms with Crippen LogP contribution in [0.4, 0.5) is 50.4 Å². The van der Waals surface area contributed by atoms with Gasteiger partial charge in [-0.25, -0.2) is 21.1 Å². The van der Waals surface area contributed by atoms with Gasteiger partial charge in [0.2, 0.25) is 0 Å². The molecule has 2 N–H and O–H groups in total. The predicted octanol–water partition coefficient (Wildman–Crippen LogP) is 19.3. The van der Waals surface area contributed by atoms with E-state index in [9.17, 15) is 31.5 Å². The van der Waals surface area contributed by atoms with Gasteiger partial charge in [-0.05, 0) is 129 Å². The van der Waals surface area contributed by atoms with Gasteiger partial charge in [0.25, 0.3) is 0 Å². The fourth-order valence-corrected chi connectivity index (χ4v) is 10.0. The molecule has 107 heavy (non-hydrogen) atoms. The van der Waals surface area contributed by atoms with E-state index in [0.717, 1.165) is 51.4 Å². The van der Waals surface area contributed by atoms with Gasteiger partial charge in [-0.2, -0.15) is 60.0 Å². The van der Waals surface area contributed by atoms with Crippen LogP contribution in [0.5, 0.6) is 0 Å². The minimum atomic E-state index is -0.990. The van der Waals surface area contributed by atoms with E-state index in [1.165, 1.54) is 72.0 Å². The molecule has 15 rings (SSSR count). The Morgan fingerprint density at radius 3 is 1.76 bits per heavy atom. The number of nitrogens with zero attached hydrogens (tertiary/aromatic N) is 12. The third-order valence-corrected chi connectivity index (χ3v) is 14.8. The zero-order valence-electron chi connectivity index (χ0n) is 57.0. The van der Waals surface area contributed by atoms with Crippen LogP contribution >= 0.6 is 11.3 Å². The molecular weight excluding hydrogens is 2280 g/mol. The van der Waals surface area contributed by atoms with Gasteiger partial charge < -0.3 is 44.8 Å². The van der Waals surface area contributed by atoms with Crippen molar-refractivity contribution in [3.8, 4) is 33.1 Å². The number of azo groups is 1. The first kappa shape index (κ1) is 91.6. The van der Waals surface area contributed by atoms with Crippen LogP contribution in [0.15, 0.2) is 272 Å². The minimum absolute atomic E-state index is 0. The van der Waals surface area contributed by atoms with Gasteiger partial charge in [-0.3, -0.25) is 36.6 Å². The summed E-state index contributed by atoms with van der Waals surface area (Å²) >= 11 is 1.73. The molecule has 12 aromatic rings. The van der Waals surface area contributed by atoms with Crippen LogP contribution in [0.2, 0.25) is 0 Å². The first-order valence-electron chi connectivity index (χ1n) is 30.8. The Bertz CT molecular complexity index is 4820. The summed E-state index contributed by atoms with van der Waals surface area (Å²) in [5.41, 5.74) is 7.62. The van der Waals surface area contributed by atoms with E-state index in [1.54, 1.807) is 78.5 Å². The Labute approximate surface area is 689 Å². The van der Waals surface area contributed by atoms with Gasteiger partial charge in [0.1, 0.15) is 11.7 Å². The van der Waals surface area contributed by atoms with Gasteiger partial charge in [-0.15, -0.1) is 83.0 Å². The number of hydrogen-bond acceptors (Lipinski definition) is 15. The van der Waals surface area contributed by atoms with Gasteiger partial charge >= 0.3 is 5.97 Å². The molecular formula is C80H62F5Ir5N12O4S-7. The Morgan fingerprint density at radius 1 is 0.598 bits per heavy atom. The van der Waals surface area contributed by atoms with Crippen LogP contribution in [0.25, 0.3) is 48.0 Å². The molecule has 3 aliphatic heterocycles. The van der Waals surface area contributed by atoms with Gasteiger partial charge in [-0.1, -0.05) is 83.9 Å². The topological polar surface area (TPSA) is 181 Å². The smallest absolute Gasteiger partial charge is 0.354 e. The number of thiophene rings is 1. The number of allylic oxidation sites excluding steroid dienone is 2. The van der Waals surface area contributed by atoms with E-state index < -0.39 is 34.9 Å². The molecule has 3 aliphatic rings. The Kier molecular flexibility index (Phi) is 40.9. The summed E-state index contributed by atoms with van der Waals surface area (Å²) in [6.45, 7) is 15.4. The Hall–Kier alpha value is -9.62. The number of carboxylic acid groups (broad SMARTS) is 1. The number of hydrogen-bond donors (Lipinski definition) is 2. The summed E-state index contributed by atoms with van der Waals surface area (Å²) in [5.74, 6) is -4.43. The van der Waals surface area contributed by atoms with Crippen LogP contribution < -0.4 is 14.7 Å². The summed E-state index contributed by atoms with van der Waals surface area (Å²) in [7, 11) is 3.99. The number of rotatable bonds is 8. The number of aromatic nitrogens is 5. The molecule has 559 valence electrons. The van der Waals surface area contributed by atoms with E-state index in [1.807, 2.05) is 116 Å². The maximum atomic E-state index is 13.8. The monoisotopic (exact) mass is 2350 g/mol. The van der Waals surface area contributed by atoms with E-state index in [2.05, 4.69) is 142 Å². The average molecular weight is 2340 g/mol. The molecule has 0 aliphatic carbocycles. The van der Waals surface area contributed by atoms with Gasteiger partial charge in [0.15, 0.2) is 11.5 Å².